The summed E-state index contributed by atoms with van der Waals surface area (Å²) >= 11 is 0. The van der Waals surface area contributed by atoms with Gasteiger partial charge in [-0.15, -0.1) is 0 Å². The van der Waals surface area contributed by atoms with E-state index in [0.29, 0.717) is 11.5 Å². The highest BCUT2D eigenvalue weighted by atomic mass is 31.2. The zero-order valence-electron chi connectivity index (χ0n) is 11.1. The molecule has 0 radical (unpaired) electrons. The number of carboxylic acid groups (broad SMARTS) is 2. The van der Waals surface area contributed by atoms with Gasteiger partial charge in [0.2, 0.25) is 0 Å². The SMILES string of the molecule is NP(Oc1ccc(C(=O)[O-])cc1)Oc1ccc(C(=O)O)cc1. The Kier molecular flexibility index (Phi) is 4.93. The number of aromatic carboxylic acids is 2. The van der Waals surface area contributed by atoms with E-state index in [1.54, 1.807) is 0 Å². The minimum atomic E-state index is -1.79. The third-order valence-electron chi connectivity index (χ3n) is 2.58. The van der Waals surface area contributed by atoms with Crippen LogP contribution in [0.4, 0.5) is 0 Å². The van der Waals surface area contributed by atoms with E-state index in [-0.39, 0.29) is 11.1 Å². The number of hydrogen-bond acceptors (Lipinski definition) is 6. The number of nitrogens with two attached hydrogens (primary N) is 1. The van der Waals surface area contributed by atoms with Crippen molar-refractivity contribution in [2.75, 3.05) is 0 Å². The third kappa shape index (κ3) is 4.18. The maximum absolute atomic E-state index is 10.7. The molecule has 0 saturated heterocycles. The van der Waals surface area contributed by atoms with Gasteiger partial charge in [-0.2, -0.15) is 0 Å². The van der Waals surface area contributed by atoms with Crippen molar-refractivity contribution >= 4 is 20.5 Å². The Labute approximate surface area is 126 Å². The van der Waals surface area contributed by atoms with Gasteiger partial charge >= 0.3 is 14.5 Å². The smallest absolute Gasteiger partial charge is 0.378 e. The first kappa shape index (κ1) is 15.8. The molecule has 0 bridgehead atoms. The van der Waals surface area contributed by atoms with Gasteiger partial charge in [-0.3, -0.25) is 0 Å². The molecule has 0 saturated carbocycles. The second-order valence-corrected chi connectivity index (χ2v) is 5.05. The first-order valence-electron chi connectivity index (χ1n) is 6.01. The molecule has 2 aromatic carbocycles. The van der Waals surface area contributed by atoms with Gasteiger partial charge in [0.25, 0.3) is 0 Å². The predicted octanol–water partition coefficient (Wildman–Crippen LogP) is 1.39. The van der Waals surface area contributed by atoms with Crippen molar-refractivity contribution in [1.29, 1.82) is 0 Å². The fraction of sp³-hybridized carbons (Fsp3) is 0. The van der Waals surface area contributed by atoms with Crippen molar-refractivity contribution in [2.45, 2.75) is 0 Å². The molecule has 2 aromatic rings. The van der Waals surface area contributed by atoms with E-state index >= 15 is 0 Å². The Morgan fingerprint density at radius 2 is 1.32 bits per heavy atom. The molecule has 0 aliphatic carbocycles. The standard InChI is InChI=1S/C14H12NO6P/c15-22(20-11-5-1-9(2-6-11)13(16)17)21-12-7-3-10(4-8-12)14(18)19/h1-8H,15H2,(H,16,17)(H,18,19)/p-1. The summed E-state index contributed by atoms with van der Waals surface area (Å²) in [6.45, 7) is 0. The summed E-state index contributed by atoms with van der Waals surface area (Å²) in [7, 11) is -1.79. The van der Waals surface area contributed by atoms with Gasteiger partial charge in [0.1, 0.15) is 11.5 Å². The molecule has 1 atom stereocenters. The fourth-order valence-electron chi connectivity index (χ4n) is 1.54. The monoisotopic (exact) mass is 320 g/mol. The summed E-state index contributed by atoms with van der Waals surface area (Å²) in [5.74, 6) is -1.60. The first-order valence-corrected chi connectivity index (χ1v) is 7.26. The highest BCUT2D eigenvalue weighted by Crippen LogP contribution is 2.33. The lowest BCUT2D eigenvalue weighted by Gasteiger charge is -2.14. The molecule has 114 valence electrons. The van der Waals surface area contributed by atoms with Crippen molar-refractivity contribution < 1.29 is 28.8 Å². The lowest BCUT2D eigenvalue weighted by atomic mass is 10.2. The Morgan fingerprint density at radius 3 is 1.68 bits per heavy atom. The molecule has 0 amide bonds. The minimum Gasteiger partial charge on any atom is -0.545 e. The van der Waals surface area contributed by atoms with E-state index in [0.717, 1.165) is 0 Å². The minimum absolute atomic E-state index is 0.0267. The highest BCUT2D eigenvalue weighted by molar-refractivity contribution is 7.45. The molecular weight excluding hydrogens is 309 g/mol. The number of rotatable bonds is 6. The Hall–Kier alpha value is -2.63. The van der Waals surface area contributed by atoms with Crippen LogP contribution >= 0.6 is 8.53 Å². The quantitative estimate of drug-likeness (QED) is 0.771. The second-order valence-electron chi connectivity index (χ2n) is 4.11. The van der Waals surface area contributed by atoms with Gasteiger partial charge in [-0.25, -0.2) is 10.3 Å². The largest absolute Gasteiger partial charge is 0.545 e. The number of carbonyl (C=O) groups is 2. The number of hydrogen-bond donors (Lipinski definition) is 2. The Morgan fingerprint density at radius 1 is 0.909 bits per heavy atom. The van der Waals surface area contributed by atoms with Gasteiger partial charge in [-0.05, 0) is 54.1 Å². The molecule has 8 heteroatoms. The molecule has 0 fully saturated rings. The van der Waals surface area contributed by atoms with Crippen molar-refractivity contribution in [3.8, 4) is 11.5 Å². The molecule has 22 heavy (non-hydrogen) atoms. The van der Waals surface area contributed by atoms with E-state index in [1.807, 2.05) is 0 Å². The van der Waals surface area contributed by atoms with Gasteiger partial charge in [0, 0.05) is 0 Å². The van der Waals surface area contributed by atoms with Crippen LogP contribution in [0.3, 0.4) is 0 Å². The molecule has 0 aliphatic rings. The molecule has 7 nitrogen and oxygen atoms in total. The summed E-state index contributed by atoms with van der Waals surface area (Å²) < 4.78 is 10.7. The van der Waals surface area contributed by atoms with Crippen LogP contribution in [-0.4, -0.2) is 17.0 Å². The van der Waals surface area contributed by atoms with Crippen LogP contribution in [0.2, 0.25) is 0 Å². The van der Waals surface area contributed by atoms with Crippen LogP contribution in [0.1, 0.15) is 20.7 Å². The van der Waals surface area contributed by atoms with Crippen LogP contribution in [0, 0.1) is 0 Å². The molecule has 0 aromatic heterocycles. The molecule has 0 aliphatic heterocycles. The fourth-order valence-corrected chi connectivity index (χ4v) is 2.23. The normalized spacial score (nSPS) is 11.5. The highest BCUT2D eigenvalue weighted by Gasteiger charge is 2.10. The van der Waals surface area contributed by atoms with Crippen LogP contribution in [0.5, 0.6) is 11.5 Å². The van der Waals surface area contributed by atoms with Gasteiger partial charge in [0.15, 0.2) is 0 Å². The van der Waals surface area contributed by atoms with Gasteiger partial charge < -0.3 is 24.1 Å². The molecule has 2 rings (SSSR count). The topological polar surface area (TPSA) is 122 Å². The average Bonchev–Trinajstić information content (AvgIpc) is 2.48. The predicted molar refractivity (Wildman–Crippen MR) is 76.5 cm³/mol. The molecular formula is C14H11NO6P-. The lowest BCUT2D eigenvalue weighted by molar-refractivity contribution is -0.255. The molecule has 0 heterocycles. The summed E-state index contributed by atoms with van der Waals surface area (Å²) in [4.78, 5) is 21.3. The summed E-state index contributed by atoms with van der Waals surface area (Å²) in [5.41, 5.74) is 5.87. The van der Waals surface area contributed by atoms with E-state index in [9.17, 15) is 14.7 Å². The molecule has 1 unspecified atom stereocenters. The van der Waals surface area contributed by atoms with E-state index in [4.69, 9.17) is 19.7 Å². The number of carbonyl (C=O) groups excluding carboxylic acids is 1. The zero-order valence-corrected chi connectivity index (χ0v) is 12.0. The number of benzene rings is 2. The second kappa shape index (κ2) is 6.89. The Bertz CT molecular complexity index is 611. The van der Waals surface area contributed by atoms with Crippen LogP contribution in [0.15, 0.2) is 48.5 Å². The van der Waals surface area contributed by atoms with Crippen molar-refractivity contribution in [3.05, 3.63) is 59.7 Å². The van der Waals surface area contributed by atoms with E-state index in [1.165, 1.54) is 48.5 Å². The van der Waals surface area contributed by atoms with Crippen LogP contribution < -0.4 is 19.7 Å². The Balaban J connectivity index is 1.95. The summed E-state index contributed by atoms with van der Waals surface area (Å²) in [6.07, 6.45) is 0. The lowest BCUT2D eigenvalue weighted by Crippen LogP contribution is -2.21. The van der Waals surface area contributed by atoms with Gasteiger partial charge in [0.05, 0.1) is 11.5 Å². The maximum Gasteiger partial charge on any atom is 0.378 e. The zero-order chi connectivity index (χ0) is 16.1. The van der Waals surface area contributed by atoms with E-state index < -0.39 is 20.5 Å². The first-order chi connectivity index (χ1) is 10.5. The van der Waals surface area contributed by atoms with Gasteiger partial charge in [-0.1, -0.05) is 0 Å². The maximum atomic E-state index is 10.7. The average molecular weight is 320 g/mol. The van der Waals surface area contributed by atoms with Crippen molar-refractivity contribution in [3.63, 3.8) is 0 Å². The third-order valence-corrected chi connectivity index (χ3v) is 3.36. The summed E-state index contributed by atoms with van der Waals surface area (Å²) in [5, 5.41) is 19.4. The van der Waals surface area contributed by atoms with Crippen molar-refractivity contribution in [1.82, 2.24) is 0 Å². The number of carboxylic acids is 2. The summed E-state index contributed by atoms with van der Waals surface area (Å²) in [6, 6.07) is 11.2. The van der Waals surface area contributed by atoms with Crippen molar-refractivity contribution in [2.24, 2.45) is 5.50 Å². The molecule has 3 N–H and O–H groups in total. The van der Waals surface area contributed by atoms with E-state index in [2.05, 4.69) is 0 Å². The molecule has 0 spiro atoms. The van der Waals surface area contributed by atoms with Crippen LogP contribution in [0.25, 0.3) is 0 Å². The van der Waals surface area contributed by atoms with Crippen LogP contribution in [-0.2, 0) is 0 Å².